The molecule has 0 radical (unpaired) electrons. The highest BCUT2D eigenvalue weighted by atomic mass is 19.1. The molecule has 4 N–H and O–H groups in total. The lowest BCUT2D eigenvalue weighted by Gasteiger charge is -2.24. The second-order valence-corrected chi connectivity index (χ2v) is 3.84. The number of benzene rings is 1. The van der Waals surface area contributed by atoms with Crippen molar-refractivity contribution in [2.45, 2.75) is 18.9 Å². The summed E-state index contributed by atoms with van der Waals surface area (Å²) in [4.78, 5) is 0. The van der Waals surface area contributed by atoms with Gasteiger partial charge in [-0.3, -0.25) is 0 Å². The van der Waals surface area contributed by atoms with Crippen molar-refractivity contribution in [3.63, 3.8) is 0 Å². The maximum atomic E-state index is 13.1. The maximum absolute atomic E-state index is 13.1. The third-order valence-corrected chi connectivity index (χ3v) is 2.60. The van der Waals surface area contributed by atoms with E-state index in [4.69, 9.17) is 20.9 Å². The molecule has 5 heteroatoms. The summed E-state index contributed by atoms with van der Waals surface area (Å²) >= 11 is 0. The maximum Gasteiger partial charge on any atom is 0.147 e. The molecular formula is C11H15FN2O2. The number of hydrogen-bond donors (Lipinski definition) is 2. The van der Waals surface area contributed by atoms with E-state index < -0.39 is 5.82 Å². The van der Waals surface area contributed by atoms with E-state index in [9.17, 15) is 4.39 Å². The molecule has 0 aliphatic carbocycles. The van der Waals surface area contributed by atoms with E-state index in [1.807, 2.05) is 0 Å². The highest BCUT2D eigenvalue weighted by Gasteiger charge is 2.17. The van der Waals surface area contributed by atoms with Crippen LogP contribution >= 0.6 is 0 Å². The van der Waals surface area contributed by atoms with Crippen LogP contribution in [0.3, 0.4) is 0 Å². The summed E-state index contributed by atoms with van der Waals surface area (Å²) in [6.45, 7) is 1.32. The fourth-order valence-corrected chi connectivity index (χ4v) is 1.68. The van der Waals surface area contributed by atoms with Crippen LogP contribution in [0.4, 0.5) is 15.8 Å². The van der Waals surface area contributed by atoms with E-state index >= 15 is 0 Å². The largest absolute Gasteiger partial charge is 0.488 e. The minimum atomic E-state index is -0.436. The molecule has 0 saturated carbocycles. The Balaban J connectivity index is 2.13. The monoisotopic (exact) mass is 226 g/mol. The van der Waals surface area contributed by atoms with Gasteiger partial charge in [-0.25, -0.2) is 4.39 Å². The molecule has 1 fully saturated rings. The minimum Gasteiger partial charge on any atom is -0.488 e. The normalized spacial score (nSPS) is 17.3. The predicted octanol–water partition coefficient (Wildman–Crippen LogP) is 1.55. The molecule has 2 rings (SSSR count). The number of nitrogen functional groups attached to an aromatic ring is 2. The Morgan fingerprint density at radius 2 is 1.94 bits per heavy atom. The van der Waals surface area contributed by atoms with E-state index in [-0.39, 0.29) is 11.8 Å². The Bertz CT molecular complexity index is 378. The van der Waals surface area contributed by atoms with Crippen LogP contribution in [0.1, 0.15) is 12.8 Å². The molecule has 0 unspecified atom stereocenters. The van der Waals surface area contributed by atoms with Crippen molar-refractivity contribution in [2.24, 2.45) is 0 Å². The van der Waals surface area contributed by atoms with Crippen LogP contribution in [0, 0.1) is 5.82 Å². The highest BCUT2D eigenvalue weighted by molar-refractivity contribution is 5.70. The molecule has 1 heterocycles. The Labute approximate surface area is 93.3 Å². The van der Waals surface area contributed by atoms with Crippen LogP contribution in [0.5, 0.6) is 5.75 Å². The van der Waals surface area contributed by atoms with E-state index in [1.165, 1.54) is 12.1 Å². The molecule has 1 aromatic carbocycles. The van der Waals surface area contributed by atoms with Gasteiger partial charge in [0, 0.05) is 18.9 Å². The molecule has 0 bridgehead atoms. The van der Waals surface area contributed by atoms with Gasteiger partial charge in [-0.1, -0.05) is 0 Å². The number of hydrogen-bond acceptors (Lipinski definition) is 4. The molecule has 0 aromatic heterocycles. The first-order valence-electron chi connectivity index (χ1n) is 5.25. The van der Waals surface area contributed by atoms with Crippen LogP contribution in [0.15, 0.2) is 12.1 Å². The van der Waals surface area contributed by atoms with Gasteiger partial charge >= 0.3 is 0 Å². The second kappa shape index (κ2) is 4.57. The molecule has 16 heavy (non-hydrogen) atoms. The lowest BCUT2D eigenvalue weighted by Crippen LogP contribution is -2.26. The summed E-state index contributed by atoms with van der Waals surface area (Å²) in [6, 6.07) is 2.45. The third kappa shape index (κ3) is 2.36. The van der Waals surface area contributed by atoms with E-state index in [0.717, 1.165) is 12.8 Å². The van der Waals surface area contributed by atoms with Crippen molar-refractivity contribution >= 4 is 11.4 Å². The summed E-state index contributed by atoms with van der Waals surface area (Å²) in [7, 11) is 0. The van der Waals surface area contributed by atoms with E-state index in [1.54, 1.807) is 0 Å². The predicted molar refractivity (Wildman–Crippen MR) is 59.7 cm³/mol. The Hall–Kier alpha value is -1.49. The van der Waals surface area contributed by atoms with Crippen LogP contribution in [-0.2, 0) is 4.74 Å². The SMILES string of the molecule is Nc1cc(F)cc(OC2CCOCC2)c1N. The van der Waals surface area contributed by atoms with Crippen LogP contribution < -0.4 is 16.2 Å². The molecule has 0 spiro atoms. The third-order valence-electron chi connectivity index (χ3n) is 2.60. The average Bonchev–Trinajstić information content (AvgIpc) is 2.27. The molecule has 1 aliphatic heterocycles. The molecule has 88 valence electrons. The first kappa shape index (κ1) is 11.0. The summed E-state index contributed by atoms with van der Waals surface area (Å²) in [5.74, 6) is -0.113. The van der Waals surface area contributed by atoms with E-state index in [2.05, 4.69) is 0 Å². The lowest BCUT2D eigenvalue weighted by molar-refractivity contribution is 0.0258. The van der Waals surface area contributed by atoms with E-state index in [0.29, 0.717) is 24.7 Å². The Morgan fingerprint density at radius 1 is 1.25 bits per heavy atom. The highest BCUT2D eigenvalue weighted by Crippen LogP contribution is 2.30. The van der Waals surface area contributed by atoms with Gasteiger partial charge in [0.2, 0.25) is 0 Å². The van der Waals surface area contributed by atoms with Gasteiger partial charge in [0.1, 0.15) is 17.7 Å². The summed E-state index contributed by atoms with van der Waals surface area (Å²) < 4.78 is 23.9. The topological polar surface area (TPSA) is 70.5 Å². The van der Waals surface area contributed by atoms with Crippen molar-refractivity contribution in [1.29, 1.82) is 0 Å². The fourth-order valence-electron chi connectivity index (χ4n) is 1.68. The quantitative estimate of drug-likeness (QED) is 0.750. The molecular weight excluding hydrogens is 211 g/mol. The van der Waals surface area contributed by atoms with Crippen molar-refractivity contribution < 1.29 is 13.9 Å². The Kier molecular flexibility index (Phi) is 3.14. The zero-order chi connectivity index (χ0) is 11.5. The molecule has 0 amide bonds. The number of rotatable bonds is 2. The molecule has 0 atom stereocenters. The van der Waals surface area contributed by atoms with Crippen LogP contribution in [-0.4, -0.2) is 19.3 Å². The fraction of sp³-hybridized carbons (Fsp3) is 0.455. The van der Waals surface area contributed by atoms with Gasteiger partial charge in [0.15, 0.2) is 0 Å². The van der Waals surface area contributed by atoms with Crippen molar-refractivity contribution in [3.8, 4) is 5.75 Å². The standard InChI is InChI=1S/C11H15FN2O2/c12-7-5-9(13)11(14)10(6-7)16-8-1-3-15-4-2-8/h5-6,8H,1-4,13-14H2. The first-order chi connectivity index (χ1) is 7.66. The van der Waals surface area contributed by atoms with Crippen molar-refractivity contribution in [3.05, 3.63) is 17.9 Å². The first-order valence-corrected chi connectivity index (χ1v) is 5.25. The number of ether oxygens (including phenoxy) is 2. The summed E-state index contributed by atoms with van der Waals surface area (Å²) in [5, 5.41) is 0. The number of halogens is 1. The number of nitrogens with two attached hydrogens (primary N) is 2. The lowest BCUT2D eigenvalue weighted by atomic mass is 10.1. The van der Waals surface area contributed by atoms with Crippen molar-refractivity contribution in [1.82, 2.24) is 0 Å². The molecule has 1 aliphatic rings. The smallest absolute Gasteiger partial charge is 0.147 e. The van der Waals surface area contributed by atoms with Gasteiger partial charge in [-0.2, -0.15) is 0 Å². The average molecular weight is 226 g/mol. The zero-order valence-electron chi connectivity index (χ0n) is 8.91. The second-order valence-electron chi connectivity index (χ2n) is 3.84. The van der Waals surface area contributed by atoms with Crippen LogP contribution in [0.2, 0.25) is 0 Å². The summed E-state index contributed by atoms with van der Waals surface area (Å²) in [5.41, 5.74) is 11.8. The number of anilines is 2. The van der Waals surface area contributed by atoms with Gasteiger partial charge in [0.25, 0.3) is 0 Å². The zero-order valence-corrected chi connectivity index (χ0v) is 8.91. The molecule has 4 nitrogen and oxygen atoms in total. The van der Waals surface area contributed by atoms with Crippen LogP contribution in [0.25, 0.3) is 0 Å². The Morgan fingerprint density at radius 3 is 2.62 bits per heavy atom. The van der Waals surface area contributed by atoms with Gasteiger partial charge < -0.3 is 20.9 Å². The molecule has 1 saturated heterocycles. The van der Waals surface area contributed by atoms with Crippen molar-refractivity contribution in [2.75, 3.05) is 24.7 Å². The molecule has 1 aromatic rings. The minimum absolute atomic E-state index is 0.0252. The summed E-state index contributed by atoms with van der Waals surface area (Å²) in [6.07, 6.45) is 1.60. The van der Waals surface area contributed by atoms with Gasteiger partial charge in [0.05, 0.1) is 24.6 Å². The van der Waals surface area contributed by atoms with Gasteiger partial charge in [-0.05, 0) is 6.07 Å². The van der Waals surface area contributed by atoms with Gasteiger partial charge in [-0.15, -0.1) is 0 Å².